The fraction of sp³-hybridized carbons (Fsp3) is 0.857. The van der Waals surface area contributed by atoms with Crippen LogP contribution < -0.4 is 16.0 Å². The van der Waals surface area contributed by atoms with Crippen molar-refractivity contribution in [2.45, 2.75) is 57.5 Å². The van der Waals surface area contributed by atoms with E-state index in [1.54, 1.807) is 7.11 Å². The summed E-state index contributed by atoms with van der Waals surface area (Å²) in [5.41, 5.74) is 0. The molecule has 0 aromatic heterocycles. The third-order valence-corrected chi connectivity index (χ3v) is 3.40. The number of rotatable bonds is 7. The topological polar surface area (TPSA) is 79.5 Å². The molecule has 0 aromatic carbocycles. The van der Waals surface area contributed by atoms with Gasteiger partial charge < -0.3 is 20.7 Å². The molecule has 0 spiro atoms. The van der Waals surface area contributed by atoms with Crippen molar-refractivity contribution in [1.29, 1.82) is 0 Å². The third kappa shape index (κ3) is 7.33. The Balaban J connectivity index is 2.07. The molecule has 3 N–H and O–H groups in total. The molecule has 0 radical (unpaired) electrons. The standard InChI is InChI=1S/C14H27N3O3/c1-11(10-20-2)16-13(18)8-9-15-14(19)17-12-6-4-3-5-7-12/h11-12H,3-10H2,1-2H3,(H,16,18)(H2,15,17,19)/t11-/m0/s1. The van der Waals surface area contributed by atoms with Crippen LogP contribution in [0.2, 0.25) is 0 Å². The van der Waals surface area contributed by atoms with Gasteiger partial charge in [-0.2, -0.15) is 0 Å². The summed E-state index contributed by atoms with van der Waals surface area (Å²) in [6, 6.07) is 0.109. The van der Waals surface area contributed by atoms with E-state index in [1.165, 1.54) is 19.3 Å². The van der Waals surface area contributed by atoms with Crippen molar-refractivity contribution in [2.75, 3.05) is 20.3 Å². The SMILES string of the molecule is COC[C@H](C)NC(=O)CCNC(=O)NC1CCCCC1. The van der Waals surface area contributed by atoms with E-state index in [9.17, 15) is 9.59 Å². The molecule has 116 valence electrons. The average Bonchev–Trinajstić information content (AvgIpc) is 2.39. The molecule has 0 bridgehead atoms. The number of hydrogen-bond donors (Lipinski definition) is 3. The molecule has 0 aliphatic heterocycles. The Morgan fingerprint density at radius 1 is 1.25 bits per heavy atom. The molecular weight excluding hydrogens is 258 g/mol. The normalized spacial score (nSPS) is 17.3. The highest BCUT2D eigenvalue weighted by molar-refractivity contribution is 5.78. The molecule has 0 unspecified atom stereocenters. The van der Waals surface area contributed by atoms with Crippen LogP contribution in [0.3, 0.4) is 0 Å². The number of carbonyl (C=O) groups is 2. The molecule has 20 heavy (non-hydrogen) atoms. The lowest BCUT2D eigenvalue weighted by Crippen LogP contribution is -2.44. The molecule has 0 aromatic rings. The van der Waals surface area contributed by atoms with Crippen molar-refractivity contribution in [1.82, 2.24) is 16.0 Å². The summed E-state index contributed by atoms with van der Waals surface area (Å²) >= 11 is 0. The molecule has 1 fully saturated rings. The van der Waals surface area contributed by atoms with Crippen LogP contribution >= 0.6 is 0 Å². The minimum atomic E-state index is -0.172. The van der Waals surface area contributed by atoms with Crippen LogP contribution in [0.4, 0.5) is 4.79 Å². The van der Waals surface area contributed by atoms with Crippen molar-refractivity contribution >= 4 is 11.9 Å². The molecular formula is C14H27N3O3. The van der Waals surface area contributed by atoms with E-state index < -0.39 is 0 Å². The van der Waals surface area contributed by atoms with Gasteiger partial charge in [0.25, 0.3) is 0 Å². The lowest BCUT2D eigenvalue weighted by atomic mass is 9.96. The summed E-state index contributed by atoms with van der Waals surface area (Å²) in [5.74, 6) is -0.0764. The molecule has 1 aliphatic carbocycles. The van der Waals surface area contributed by atoms with E-state index in [2.05, 4.69) is 16.0 Å². The van der Waals surface area contributed by atoms with Gasteiger partial charge in [0.05, 0.1) is 6.61 Å². The second-order valence-corrected chi connectivity index (χ2v) is 5.41. The van der Waals surface area contributed by atoms with Gasteiger partial charge in [-0.05, 0) is 19.8 Å². The van der Waals surface area contributed by atoms with E-state index in [1.807, 2.05) is 6.92 Å². The van der Waals surface area contributed by atoms with Gasteiger partial charge in [-0.1, -0.05) is 19.3 Å². The molecule has 6 heteroatoms. The zero-order valence-corrected chi connectivity index (χ0v) is 12.5. The van der Waals surface area contributed by atoms with Crippen LogP contribution in [0.15, 0.2) is 0 Å². The quantitative estimate of drug-likeness (QED) is 0.656. The summed E-state index contributed by atoms with van der Waals surface area (Å²) in [4.78, 5) is 23.2. The lowest BCUT2D eigenvalue weighted by molar-refractivity contribution is -0.121. The van der Waals surface area contributed by atoms with Gasteiger partial charge in [0, 0.05) is 32.2 Å². The number of hydrogen-bond acceptors (Lipinski definition) is 3. The molecule has 0 saturated heterocycles. The van der Waals surface area contributed by atoms with E-state index in [0.29, 0.717) is 19.2 Å². The van der Waals surface area contributed by atoms with Crippen LogP contribution in [0, 0.1) is 0 Å². The molecule has 3 amide bonds. The number of nitrogens with one attached hydrogen (secondary N) is 3. The van der Waals surface area contributed by atoms with Crippen LogP contribution in [0.1, 0.15) is 45.4 Å². The van der Waals surface area contributed by atoms with E-state index in [0.717, 1.165) is 12.8 Å². The second-order valence-electron chi connectivity index (χ2n) is 5.41. The van der Waals surface area contributed by atoms with Gasteiger partial charge in [-0.3, -0.25) is 4.79 Å². The zero-order valence-electron chi connectivity index (χ0n) is 12.5. The average molecular weight is 285 g/mol. The minimum absolute atomic E-state index is 0.0106. The minimum Gasteiger partial charge on any atom is -0.383 e. The first-order chi connectivity index (χ1) is 9.61. The summed E-state index contributed by atoms with van der Waals surface area (Å²) in [7, 11) is 1.60. The Kier molecular flexibility index (Phi) is 8.02. The molecule has 1 saturated carbocycles. The number of ether oxygens (including phenoxy) is 1. The maximum absolute atomic E-state index is 11.6. The van der Waals surface area contributed by atoms with E-state index in [4.69, 9.17) is 4.74 Å². The van der Waals surface area contributed by atoms with E-state index >= 15 is 0 Å². The highest BCUT2D eigenvalue weighted by atomic mass is 16.5. The largest absolute Gasteiger partial charge is 0.383 e. The predicted molar refractivity (Wildman–Crippen MR) is 77.5 cm³/mol. The Hall–Kier alpha value is -1.30. The summed E-state index contributed by atoms with van der Waals surface area (Å²) in [5, 5.41) is 8.48. The van der Waals surface area contributed by atoms with Gasteiger partial charge in [0.2, 0.25) is 5.91 Å². The number of carbonyl (C=O) groups excluding carboxylic acids is 2. The van der Waals surface area contributed by atoms with Gasteiger partial charge in [0.15, 0.2) is 0 Å². The molecule has 1 rings (SSSR count). The molecule has 6 nitrogen and oxygen atoms in total. The first-order valence-corrected chi connectivity index (χ1v) is 7.44. The maximum Gasteiger partial charge on any atom is 0.315 e. The smallest absolute Gasteiger partial charge is 0.315 e. The molecule has 1 atom stereocenters. The Morgan fingerprint density at radius 2 is 1.95 bits per heavy atom. The fourth-order valence-corrected chi connectivity index (χ4v) is 2.41. The predicted octanol–water partition coefficient (Wildman–Crippen LogP) is 1.16. The lowest BCUT2D eigenvalue weighted by Gasteiger charge is -2.22. The van der Waals surface area contributed by atoms with Crippen molar-refractivity contribution in [3.63, 3.8) is 0 Å². The van der Waals surface area contributed by atoms with Crippen LogP contribution in [0.25, 0.3) is 0 Å². The Labute approximate surface area is 121 Å². The molecule has 0 heterocycles. The van der Waals surface area contributed by atoms with Crippen LogP contribution in [0.5, 0.6) is 0 Å². The van der Waals surface area contributed by atoms with Gasteiger partial charge in [-0.25, -0.2) is 4.79 Å². The zero-order chi connectivity index (χ0) is 14.8. The van der Waals surface area contributed by atoms with Gasteiger partial charge in [-0.15, -0.1) is 0 Å². The van der Waals surface area contributed by atoms with Crippen LogP contribution in [-0.4, -0.2) is 44.3 Å². The highest BCUT2D eigenvalue weighted by Crippen LogP contribution is 2.16. The van der Waals surface area contributed by atoms with Gasteiger partial charge >= 0.3 is 6.03 Å². The van der Waals surface area contributed by atoms with Crippen molar-refractivity contribution in [3.8, 4) is 0 Å². The second kappa shape index (κ2) is 9.58. The summed E-state index contributed by atoms with van der Waals surface area (Å²) in [6.07, 6.45) is 6.03. The summed E-state index contributed by atoms with van der Waals surface area (Å²) in [6.45, 7) is 2.72. The van der Waals surface area contributed by atoms with E-state index in [-0.39, 0.29) is 24.4 Å². The molecule has 1 aliphatic rings. The third-order valence-electron chi connectivity index (χ3n) is 3.40. The van der Waals surface area contributed by atoms with Crippen molar-refractivity contribution in [3.05, 3.63) is 0 Å². The fourth-order valence-electron chi connectivity index (χ4n) is 2.41. The monoisotopic (exact) mass is 285 g/mol. The maximum atomic E-state index is 11.6. The Bertz CT molecular complexity index is 304. The first-order valence-electron chi connectivity index (χ1n) is 7.44. The highest BCUT2D eigenvalue weighted by Gasteiger charge is 2.15. The summed E-state index contributed by atoms with van der Waals surface area (Å²) < 4.78 is 4.94. The Morgan fingerprint density at radius 3 is 2.60 bits per heavy atom. The van der Waals surface area contributed by atoms with Crippen molar-refractivity contribution < 1.29 is 14.3 Å². The van der Waals surface area contributed by atoms with Gasteiger partial charge in [0.1, 0.15) is 0 Å². The number of amides is 3. The number of urea groups is 1. The first kappa shape index (κ1) is 16.8. The van der Waals surface area contributed by atoms with Crippen LogP contribution in [-0.2, 0) is 9.53 Å². The van der Waals surface area contributed by atoms with Crippen molar-refractivity contribution in [2.24, 2.45) is 0 Å². The number of methoxy groups -OCH3 is 1.